The number of unbranched alkanes of at least 4 members (excludes halogenated alkanes) is 1. The molecular formula is C13H26N4O4S. The van der Waals surface area contributed by atoms with Gasteiger partial charge in [0.2, 0.25) is 11.8 Å². The van der Waals surface area contributed by atoms with Gasteiger partial charge in [-0.15, -0.1) is 0 Å². The van der Waals surface area contributed by atoms with Gasteiger partial charge in [0.15, 0.2) is 0 Å². The summed E-state index contributed by atoms with van der Waals surface area (Å²) >= 11 is 4.01. The van der Waals surface area contributed by atoms with Crippen molar-refractivity contribution in [2.24, 2.45) is 11.5 Å². The van der Waals surface area contributed by atoms with Crippen molar-refractivity contribution in [3.8, 4) is 0 Å². The highest BCUT2D eigenvalue weighted by atomic mass is 32.1. The van der Waals surface area contributed by atoms with Crippen LogP contribution >= 0.6 is 12.6 Å². The van der Waals surface area contributed by atoms with E-state index in [1.165, 1.54) is 6.92 Å². The Morgan fingerprint density at radius 2 is 1.68 bits per heavy atom. The molecule has 3 atom stereocenters. The molecule has 0 spiro atoms. The number of hydrogen-bond acceptors (Lipinski definition) is 6. The molecule has 0 saturated carbocycles. The normalized spacial score (nSPS) is 14.7. The molecule has 0 aromatic heterocycles. The van der Waals surface area contributed by atoms with Crippen molar-refractivity contribution in [2.45, 2.75) is 50.7 Å². The van der Waals surface area contributed by atoms with Crippen LogP contribution in [0.1, 0.15) is 32.6 Å². The van der Waals surface area contributed by atoms with E-state index in [-0.39, 0.29) is 5.91 Å². The molecule has 128 valence electrons. The zero-order valence-electron chi connectivity index (χ0n) is 12.7. The Morgan fingerprint density at radius 3 is 2.23 bits per heavy atom. The predicted molar refractivity (Wildman–Crippen MR) is 86.5 cm³/mol. The first-order chi connectivity index (χ1) is 10.3. The zero-order valence-corrected chi connectivity index (χ0v) is 13.6. The van der Waals surface area contributed by atoms with Crippen molar-refractivity contribution in [1.82, 2.24) is 10.6 Å². The fourth-order valence-corrected chi connectivity index (χ4v) is 1.89. The van der Waals surface area contributed by atoms with E-state index in [9.17, 15) is 14.4 Å². The molecule has 2 amide bonds. The molecule has 0 unspecified atom stereocenters. The van der Waals surface area contributed by atoms with Crippen LogP contribution in [0.3, 0.4) is 0 Å². The molecule has 0 rings (SSSR count). The molecular weight excluding hydrogens is 308 g/mol. The van der Waals surface area contributed by atoms with E-state index in [0.717, 1.165) is 0 Å². The topological polar surface area (TPSA) is 148 Å². The Kier molecular flexibility index (Phi) is 10.6. The van der Waals surface area contributed by atoms with Crippen LogP contribution in [-0.4, -0.2) is 53.3 Å². The summed E-state index contributed by atoms with van der Waals surface area (Å²) in [5.41, 5.74) is 11.3. The second-order valence-corrected chi connectivity index (χ2v) is 5.53. The number of carboxylic acids is 1. The van der Waals surface area contributed by atoms with Crippen molar-refractivity contribution in [3.05, 3.63) is 0 Å². The maximum Gasteiger partial charge on any atom is 0.325 e. The molecule has 9 heteroatoms. The molecule has 8 nitrogen and oxygen atoms in total. The van der Waals surface area contributed by atoms with Crippen LogP contribution in [-0.2, 0) is 14.4 Å². The van der Waals surface area contributed by atoms with Crippen LogP contribution in [0.5, 0.6) is 0 Å². The number of hydrogen-bond donors (Lipinski definition) is 6. The van der Waals surface area contributed by atoms with Crippen LogP contribution in [0, 0.1) is 0 Å². The lowest BCUT2D eigenvalue weighted by molar-refractivity contribution is -0.141. The summed E-state index contributed by atoms with van der Waals surface area (Å²) in [5.74, 6) is -1.27. The van der Waals surface area contributed by atoms with E-state index >= 15 is 0 Å². The first-order valence-corrected chi connectivity index (χ1v) is 7.85. The second kappa shape index (κ2) is 11.3. The van der Waals surface area contributed by atoms with E-state index in [1.807, 2.05) is 0 Å². The summed E-state index contributed by atoms with van der Waals surface area (Å²) in [6, 6.07) is -2.28. The Labute approximate surface area is 135 Å². The molecule has 22 heavy (non-hydrogen) atoms. The summed E-state index contributed by atoms with van der Waals surface area (Å²) in [5, 5.41) is 13.7. The Bertz CT molecular complexity index is 381. The van der Waals surface area contributed by atoms with Gasteiger partial charge in [-0.05, 0) is 38.4 Å². The predicted octanol–water partition coefficient (Wildman–Crippen LogP) is -1.16. The van der Waals surface area contributed by atoms with Gasteiger partial charge in [0.25, 0.3) is 0 Å². The first-order valence-electron chi connectivity index (χ1n) is 7.22. The van der Waals surface area contributed by atoms with E-state index in [4.69, 9.17) is 16.6 Å². The molecule has 0 radical (unpaired) electrons. The number of nitrogens with two attached hydrogens (primary N) is 2. The summed E-state index contributed by atoms with van der Waals surface area (Å²) < 4.78 is 0. The van der Waals surface area contributed by atoms with Crippen LogP contribution in [0.4, 0.5) is 0 Å². The minimum Gasteiger partial charge on any atom is -0.480 e. The quantitative estimate of drug-likeness (QED) is 0.207. The molecule has 0 heterocycles. The first kappa shape index (κ1) is 20.7. The third-order valence-electron chi connectivity index (χ3n) is 3.08. The molecule has 0 saturated heterocycles. The number of carbonyl (C=O) groups is 3. The van der Waals surface area contributed by atoms with Gasteiger partial charge < -0.3 is 27.2 Å². The molecule has 0 bridgehead atoms. The van der Waals surface area contributed by atoms with Crippen molar-refractivity contribution in [2.75, 3.05) is 12.3 Å². The molecule has 7 N–H and O–H groups in total. The van der Waals surface area contributed by atoms with E-state index < -0.39 is 30.0 Å². The number of carboxylic acid groups (broad SMARTS) is 1. The molecule has 0 aromatic rings. The number of nitrogens with one attached hydrogen (secondary N) is 2. The van der Waals surface area contributed by atoms with Crippen LogP contribution in [0.2, 0.25) is 0 Å². The lowest BCUT2D eigenvalue weighted by atomic mass is 10.1. The van der Waals surface area contributed by atoms with Crippen molar-refractivity contribution < 1.29 is 19.5 Å². The summed E-state index contributed by atoms with van der Waals surface area (Å²) in [6.07, 6.45) is 2.23. The van der Waals surface area contributed by atoms with E-state index in [2.05, 4.69) is 23.3 Å². The smallest absolute Gasteiger partial charge is 0.325 e. The Hall–Kier alpha value is -1.32. The average Bonchev–Trinajstić information content (AvgIpc) is 2.46. The minimum absolute atomic E-state index is 0.216. The molecule has 0 aromatic carbocycles. The second-order valence-electron chi connectivity index (χ2n) is 5.08. The standard InChI is InChI=1S/C13H26N4O4S/c1-8(13(20)21)17-12(19)9(14)4-2-3-6-16-11(18)10(15)5-7-22/h8-10,22H,2-7,14-15H2,1H3,(H,16,18)(H,17,19)(H,20,21)/t8-,9-,10-/m0/s1. The SMILES string of the molecule is C[C@H](NC(=O)[C@@H](N)CCCCNC(=O)[C@@H](N)CCS)C(=O)O. The highest BCUT2D eigenvalue weighted by molar-refractivity contribution is 7.80. The summed E-state index contributed by atoms with van der Waals surface area (Å²) in [6.45, 7) is 1.83. The van der Waals surface area contributed by atoms with E-state index in [0.29, 0.717) is 38.0 Å². The van der Waals surface area contributed by atoms with Crippen molar-refractivity contribution in [3.63, 3.8) is 0 Å². The highest BCUT2D eigenvalue weighted by Crippen LogP contribution is 2.00. The molecule has 0 aliphatic heterocycles. The van der Waals surface area contributed by atoms with Gasteiger partial charge in [0.05, 0.1) is 12.1 Å². The number of thiol groups is 1. The van der Waals surface area contributed by atoms with Gasteiger partial charge in [-0.2, -0.15) is 12.6 Å². The van der Waals surface area contributed by atoms with Gasteiger partial charge in [0.1, 0.15) is 6.04 Å². The summed E-state index contributed by atoms with van der Waals surface area (Å²) in [7, 11) is 0. The maximum absolute atomic E-state index is 11.6. The number of rotatable bonds is 11. The highest BCUT2D eigenvalue weighted by Gasteiger charge is 2.19. The van der Waals surface area contributed by atoms with E-state index in [1.54, 1.807) is 0 Å². The molecule has 0 aliphatic rings. The molecule has 0 fully saturated rings. The lowest BCUT2D eigenvalue weighted by Gasteiger charge is -2.15. The van der Waals surface area contributed by atoms with Crippen molar-refractivity contribution >= 4 is 30.4 Å². The van der Waals surface area contributed by atoms with Gasteiger partial charge in [-0.3, -0.25) is 14.4 Å². The van der Waals surface area contributed by atoms with Crippen molar-refractivity contribution in [1.29, 1.82) is 0 Å². The van der Waals surface area contributed by atoms with Gasteiger partial charge >= 0.3 is 5.97 Å². The average molecular weight is 334 g/mol. The van der Waals surface area contributed by atoms with Crippen LogP contribution in [0.25, 0.3) is 0 Å². The third kappa shape index (κ3) is 8.85. The zero-order chi connectivity index (χ0) is 17.1. The fourth-order valence-electron chi connectivity index (χ4n) is 1.62. The van der Waals surface area contributed by atoms with Crippen LogP contribution < -0.4 is 22.1 Å². The fraction of sp³-hybridized carbons (Fsp3) is 0.769. The van der Waals surface area contributed by atoms with Gasteiger partial charge in [-0.1, -0.05) is 0 Å². The van der Waals surface area contributed by atoms with Gasteiger partial charge in [-0.25, -0.2) is 0 Å². The maximum atomic E-state index is 11.6. The van der Waals surface area contributed by atoms with Crippen LogP contribution in [0.15, 0.2) is 0 Å². The Balaban J connectivity index is 3.80. The van der Waals surface area contributed by atoms with Gasteiger partial charge in [0, 0.05) is 6.54 Å². The largest absolute Gasteiger partial charge is 0.480 e. The molecule has 0 aliphatic carbocycles. The lowest BCUT2D eigenvalue weighted by Crippen LogP contribution is -2.47. The number of amides is 2. The third-order valence-corrected chi connectivity index (χ3v) is 3.34. The summed E-state index contributed by atoms with van der Waals surface area (Å²) in [4.78, 5) is 33.7. The monoisotopic (exact) mass is 334 g/mol. The minimum atomic E-state index is -1.11. The number of carbonyl (C=O) groups excluding carboxylic acids is 2. The Morgan fingerprint density at radius 1 is 1.09 bits per heavy atom. The number of aliphatic carboxylic acids is 1.